The summed E-state index contributed by atoms with van der Waals surface area (Å²) < 4.78 is 0. The lowest BCUT2D eigenvalue weighted by Crippen LogP contribution is -2.40. The van der Waals surface area contributed by atoms with Gasteiger partial charge in [-0.25, -0.2) is 0 Å². The van der Waals surface area contributed by atoms with Crippen LogP contribution in [-0.4, -0.2) is 15.6 Å². The second-order valence-electron chi connectivity index (χ2n) is 5.78. The third kappa shape index (κ3) is 2.66. The molecule has 3 rings (SSSR count). The van der Waals surface area contributed by atoms with Crippen LogP contribution >= 0.6 is 11.8 Å². The van der Waals surface area contributed by atoms with E-state index in [1.54, 1.807) is 0 Å². The van der Waals surface area contributed by atoms with Crippen molar-refractivity contribution < 1.29 is 5.11 Å². The Bertz CT molecular complexity index is 478. The second kappa shape index (κ2) is 5.19. The van der Waals surface area contributed by atoms with E-state index in [0.29, 0.717) is 16.9 Å². The van der Waals surface area contributed by atoms with E-state index in [2.05, 4.69) is 17.8 Å². The highest BCUT2D eigenvalue weighted by atomic mass is 32.2. The summed E-state index contributed by atoms with van der Waals surface area (Å²) in [6.45, 7) is 0. The molecule has 2 nitrogen and oxygen atoms in total. The fraction of sp³-hybridized carbons (Fsp3) is 0.562. The Labute approximate surface area is 118 Å². The molecule has 1 N–H and O–H groups in total. The Morgan fingerprint density at radius 1 is 1.21 bits per heavy atom. The molecule has 2 bridgehead atoms. The fourth-order valence-corrected chi connectivity index (χ4v) is 5.27. The van der Waals surface area contributed by atoms with E-state index in [1.807, 2.05) is 24.3 Å². The Morgan fingerprint density at radius 2 is 1.84 bits per heavy atom. The quantitative estimate of drug-likeness (QED) is 0.898. The van der Waals surface area contributed by atoms with Crippen LogP contribution in [0.5, 0.6) is 0 Å². The van der Waals surface area contributed by atoms with Gasteiger partial charge >= 0.3 is 0 Å². The molecule has 2 atom stereocenters. The molecule has 2 aliphatic heterocycles. The lowest BCUT2D eigenvalue weighted by molar-refractivity contribution is 0.00812. The van der Waals surface area contributed by atoms with Gasteiger partial charge in [0.1, 0.15) is 0 Å². The van der Waals surface area contributed by atoms with E-state index in [-0.39, 0.29) is 0 Å². The maximum absolute atomic E-state index is 11.0. The Hall–Kier alpha value is -0.980. The van der Waals surface area contributed by atoms with Crippen molar-refractivity contribution in [2.45, 2.75) is 54.6 Å². The van der Waals surface area contributed by atoms with Gasteiger partial charge < -0.3 is 5.11 Å². The Kier molecular flexibility index (Phi) is 3.56. The molecule has 2 saturated heterocycles. The fourth-order valence-electron chi connectivity index (χ4n) is 3.38. The summed E-state index contributed by atoms with van der Waals surface area (Å²) in [6, 6.07) is 10.1. The van der Waals surface area contributed by atoms with Crippen LogP contribution in [0.1, 0.15) is 43.2 Å². The van der Waals surface area contributed by atoms with Crippen molar-refractivity contribution in [2.24, 2.45) is 0 Å². The zero-order chi connectivity index (χ0) is 13.3. The van der Waals surface area contributed by atoms with E-state index in [0.717, 1.165) is 24.0 Å². The van der Waals surface area contributed by atoms with Gasteiger partial charge in [-0.15, -0.1) is 0 Å². The number of rotatable bonds is 2. The van der Waals surface area contributed by atoms with E-state index in [4.69, 9.17) is 5.26 Å². The van der Waals surface area contributed by atoms with E-state index >= 15 is 0 Å². The van der Waals surface area contributed by atoms with Gasteiger partial charge in [0, 0.05) is 10.5 Å². The number of aliphatic hydroxyl groups is 1. The van der Waals surface area contributed by atoms with Crippen LogP contribution in [0.4, 0.5) is 0 Å². The van der Waals surface area contributed by atoms with Crippen molar-refractivity contribution in [3.63, 3.8) is 0 Å². The molecule has 19 heavy (non-hydrogen) atoms. The van der Waals surface area contributed by atoms with Crippen molar-refractivity contribution in [1.29, 1.82) is 5.26 Å². The lowest BCUT2D eigenvalue weighted by Gasteiger charge is -2.44. The number of benzene rings is 1. The maximum atomic E-state index is 11.0. The van der Waals surface area contributed by atoms with Gasteiger partial charge in [-0.05, 0) is 36.8 Å². The summed E-state index contributed by atoms with van der Waals surface area (Å²) in [5.41, 5.74) is 1.42. The van der Waals surface area contributed by atoms with Crippen LogP contribution in [0.3, 0.4) is 0 Å². The highest BCUT2D eigenvalue weighted by Crippen LogP contribution is 2.49. The first-order valence-electron chi connectivity index (χ1n) is 7.04. The molecule has 0 amide bonds. The minimum absolute atomic E-state index is 0.444. The second-order valence-corrected chi connectivity index (χ2v) is 7.39. The molecule has 0 saturated carbocycles. The van der Waals surface area contributed by atoms with Crippen LogP contribution in [0.2, 0.25) is 0 Å². The summed E-state index contributed by atoms with van der Waals surface area (Å²) >= 11 is 2.08. The Morgan fingerprint density at radius 3 is 2.42 bits per heavy atom. The molecule has 0 aliphatic carbocycles. The highest BCUT2D eigenvalue weighted by Gasteiger charge is 2.42. The van der Waals surface area contributed by atoms with Crippen molar-refractivity contribution in [1.82, 2.24) is 0 Å². The summed E-state index contributed by atoms with van der Waals surface area (Å²) in [4.78, 5) is 0. The van der Waals surface area contributed by atoms with Crippen LogP contribution in [-0.2, 0) is 12.0 Å². The summed E-state index contributed by atoms with van der Waals surface area (Å²) in [5, 5.41) is 20.9. The lowest BCUT2D eigenvalue weighted by atomic mass is 9.80. The smallest absolute Gasteiger partial charge is 0.0917 e. The molecule has 2 heterocycles. The zero-order valence-corrected chi connectivity index (χ0v) is 11.8. The first-order valence-corrected chi connectivity index (χ1v) is 7.98. The van der Waals surface area contributed by atoms with Gasteiger partial charge in [-0.1, -0.05) is 30.7 Å². The number of nitrogens with zero attached hydrogens (tertiary/aromatic N) is 1. The van der Waals surface area contributed by atoms with Crippen LogP contribution in [0, 0.1) is 11.3 Å². The van der Waals surface area contributed by atoms with Gasteiger partial charge in [-0.2, -0.15) is 17.0 Å². The molecule has 3 heteroatoms. The molecule has 100 valence electrons. The average molecular weight is 273 g/mol. The molecule has 2 unspecified atom stereocenters. The average Bonchev–Trinajstić information content (AvgIpc) is 2.39. The molecule has 0 aromatic heterocycles. The highest BCUT2D eigenvalue weighted by molar-refractivity contribution is 8.00. The first-order chi connectivity index (χ1) is 9.19. The predicted molar refractivity (Wildman–Crippen MR) is 77.9 cm³/mol. The molecule has 2 fully saturated rings. The number of hydrogen-bond donors (Lipinski definition) is 1. The molecule has 0 radical (unpaired) electrons. The summed E-state index contributed by atoms with van der Waals surface area (Å²) in [7, 11) is 0. The van der Waals surface area contributed by atoms with Gasteiger partial charge in [0.25, 0.3) is 0 Å². The summed E-state index contributed by atoms with van der Waals surface area (Å²) in [5.74, 6) is 0. The molecule has 0 spiro atoms. The van der Waals surface area contributed by atoms with Crippen molar-refractivity contribution >= 4 is 11.8 Å². The van der Waals surface area contributed by atoms with Crippen LogP contribution in [0.25, 0.3) is 0 Å². The Balaban J connectivity index is 1.82. The topological polar surface area (TPSA) is 44.0 Å². The minimum atomic E-state index is -0.647. The summed E-state index contributed by atoms with van der Waals surface area (Å²) in [6.07, 6.45) is 6.02. The number of nitriles is 1. The zero-order valence-electron chi connectivity index (χ0n) is 11.0. The molecule has 1 aromatic carbocycles. The number of hydrogen-bond acceptors (Lipinski definition) is 3. The van der Waals surface area contributed by atoms with E-state index < -0.39 is 5.60 Å². The largest absolute Gasteiger partial charge is 0.385 e. The standard InChI is InChI=1S/C16H19NOS/c17-9-8-12-4-6-13(7-5-12)16(18)10-14-2-1-3-15(11-16)19-14/h4-7,14-15,18H,1-3,8,10-11H2. The van der Waals surface area contributed by atoms with Gasteiger partial charge in [0.2, 0.25) is 0 Å². The van der Waals surface area contributed by atoms with Crippen LogP contribution in [0.15, 0.2) is 24.3 Å². The van der Waals surface area contributed by atoms with Crippen molar-refractivity contribution in [3.05, 3.63) is 35.4 Å². The molecular weight excluding hydrogens is 254 g/mol. The number of thioether (sulfide) groups is 1. The van der Waals surface area contributed by atoms with Crippen molar-refractivity contribution in [3.8, 4) is 6.07 Å². The maximum Gasteiger partial charge on any atom is 0.0917 e. The van der Waals surface area contributed by atoms with Crippen LogP contribution < -0.4 is 0 Å². The SMILES string of the molecule is N#CCc1ccc(C2(O)CC3CCCC(C2)S3)cc1. The third-order valence-corrected chi connectivity index (χ3v) is 5.92. The molecule has 1 aromatic rings. The minimum Gasteiger partial charge on any atom is -0.385 e. The van der Waals surface area contributed by atoms with Gasteiger partial charge in [0.05, 0.1) is 18.1 Å². The number of fused-ring (bicyclic) bond motifs is 2. The van der Waals surface area contributed by atoms with Crippen molar-refractivity contribution in [2.75, 3.05) is 0 Å². The first kappa shape index (κ1) is 13.0. The predicted octanol–water partition coefficient (Wildman–Crippen LogP) is 3.39. The monoisotopic (exact) mass is 273 g/mol. The molecular formula is C16H19NOS. The van der Waals surface area contributed by atoms with Gasteiger partial charge in [-0.3, -0.25) is 0 Å². The normalized spacial score (nSPS) is 33.7. The molecule has 2 aliphatic rings. The third-order valence-electron chi connectivity index (χ3n) is 4.34. The van der Waals surface area contributed by atoms with Gasteiger partial charge in [0.15, 0.2) is 0 Å². The van der Waals surface area contributed by atoms with E-state index in [1.165, 1.54) is 19.3 Å². The van der Waals surface area contributed by atoms with E-state index in [9.17, 15) is 5.11 Å².